The lowest BCUT2D eigenvalue weighted by Crippen LogP contribution is -2.43. The van der Waals surface area contributed by atoms with Crippen LogP contribution in [-0.2, 0) is 19.6 Å². The molecule has 122 valence electrons. The number of sulfonamides is 1. The zero-order valence-electron chi connectivity index (χ0n) is 12.4. The molecule has 0 radical (unpaired) electrons. The first-order chi connectivity index (χ1) is 10.1. The van der Waals surface area contributed by atoms with Gasteiger partial charge in [0.1, 0.15) is 6.04 Å². The van der Waals surface area contributed by atoms with Gasteiger partial charge < -0.3 is 15.5 Å². The highest BCUT2D eigenvalue weighted by Gasteiger charge is 2.27. The summed E-state index contributed by atoms with van der Waals surface area (Å²) in [6.07, 6.45) is 0. The van der Waals surface area contributed by atoms with Crippen LogP contribution in [0.5, 0.6) is 0 Å². The number of carboxylic acids is 1. The molecule has 0 fully saturated rings. The Balaban J connectivity index is 3.25. The molecule has 0 aromatic heterocycles. The number of anilines is 1. The van der Waals surface area contributed by atoms with Crippen molar-refractivity contribution in [3.8, 4) is 0 Å². The quantitative estimate of drug-likeness (QED) is 0.579. The third kappa shape index (κ3) is 4.26. The predicted molar refractivity (Wildman–Crippen MR) is 79.1 cm³/mol. The lowest BCUT2D eigenvalue weighted by Gasteiger charge is -2.16. The summed E-state index contributed by atoms with van der Waals surface area (Å²) < 4.78 is 26.6. The number of aliphatic hydroxyl groups is 1. The maximum absolute atomic E-state index is 12.3. The van der Waals surface area contributed by atoms with Gasteiger partial charge in [-0.1, -0.05) is 0 Å². The molecule has 0 aliphatic rings. The Morgan fingerprint density at radius 1 is 1.23 bits per heavy atom. The van der Waals surface area contributed by atoms with Gasteiger partial charge in [0.15, 0.2) is 0 Å². The Bertz CT molecular complexity index is 675. The van der Waals surface area contributed by atoms with Gasteiger partial charge in [0.05, 0.1) is 11.5 Å². The van der Waals surface area contributed by atoms with Gasteiger partial charge in [-0.15, -0.1) is 0 Å². The summed E-state index contributed by atoms with van der Waals surface area (Å²) in [5.74, 6) is -1.77. The average Bonchev–Trinajstić information content (AvgIpc) is 2.33. The van der Waals surface area contributed by atoms with Crippen molar-refractivity contribution in [3.63, 3.8) is 0 Å². The zero-order valence-corrected chi connectivity index (χ0v) is 13.2. The molecule has 22 heavy (non-hydrogen) atoms. The van der Waals surface area contributed by atoms with Crippen molar-refractivity contribution in [2.45, 2.75) is 31.7 Å². The molecule has 1 aromatic rings. The van der Waals surface area contributed by atoms with Crippen LogP contribution in [-0.4, -0.2) is 43.2 Å². The van der Waals surface area contributed by atoms with Gasteiger partial charge in [-0.3, -0.25) is 9.59 Å². The minimum absolute atomic E-state index is 0.0821. The molecule has 4 N–H and O–H groups in total. The number of benzene rings is 1. The number of aliphatic carboxylic acids is 1. The monoisotopic (exact) mass is 330 g/mol. The van der Waals surface area contributed by atoms with Crippen LogP contribution in [0.15, 0.2) is 17.0 Å². The molecule has 0 saturated carbocycles. The molecule has 8 nitrogen and oxygen atoms in total. The Morgan fingerprint density at radius 3 is 2.09 bits per heavy atom. The van der Waals surface area contributed by atoms with Crippen LogP contribution >= 0.6 is 0 Å². The zero-order chi connectivity index (χ0) is 17.1. The van der Waals surface area contributed by atoms with Crippen molar-refractivity contribution < 1.29 is 28.2 Å². The fourth-order valence-electron chi connectivity index (χ4n) is 2.06. The topological polar surface area (TPSA) is 133 Å². The summed E-state index contributed by atoms with van der Waals surface area (Å²) in [4.78, 5) is 21.8. The maximum atomic E-state index is 12.3. The average molecular weight is 330 g/mol. The lowest BCUT2D eigenvalue weighted by molar-refractivity contribution is -0.139. The van der Waals surface area contributed by atoms with Crippen LogP contribution in [0.3, 0.4) is 0 Å². The first-order valence-electron chi connectivity index (χ1n) is 6.33. The number of rotatable bonds is 6. The molecular formula is C13H18N2O6S. The first-order valence-corrected chi connectivity index (χ1v) is 7.81. The van der Waals surface area contributed by atoms with Gasteiger partial charge in [-0.05, 0) is 37.1 Å². The molecule has 1 atom stereocenters. The maximum Gasteiger partial charge on any atom is 0.324 e. The third-order valence-corrected chi connectivity index (χ3v) is 4.60. The van der Waals surface area contributed by atoms with Crippen LogP contribution < -0.4 is 10.0 Å². The molecule has 1 rings (SSSR count). The standard InChI is InChI=1S/C13H18N2O6S/c1-7-4-10(14-9(3)17)5-8(2)12(7)22(20,21)15-11(6-16)13(18)19/h4-5,11,15-16H,6H2,1-3H3,(H,14,17)(H,18,19)/t11-/m0/s1. The highest BCUT2D eigenvalue weighted by atomic mass is 32.2. The van der Waals surface area contributed by atoms with Crippen molar-refractivity contribution in [3.05, 3.63) is 23.3 Å². The van der Waals surface area contributed by atoms with E-state index in [-0.39, 0.29) is 10.8 Å². The van der Waals surface area contributed by atoms with Crippen LogP contribution in [0.2, 0.25) is 0 Å². The number of hydrogen-bond acceptors (Lipinski definition) is 5. The minimum atomic E-state index is -4.13. The van der Waals surface area contributed by atoms with Crippen molar-refractivity contribution in [2.24, 2.45) is 0 Å². The molecule has 9 heteroatoms. The summed E-state index contributed by atoms with van der Waals surface area (Å²) in [6, 6.07) is 1.31. The van der Waals surface area contributed by atoms with E-state index in [1.54, 1.807) is 0 Å². The van der Waals surface area contributed by atoms with Crippen LogP contribution in [0, 0.1) is 13.8 Å². The molecule has 0 aliphatic carbocycles. The Hall–Kier alpha value is -1.97. The molecule has 0 saturated heterocycles. The molecule has 0 aliphatic heterocycles. The summed E-state index contributed by atoms with van der Waals surface area (Å²) >= 11 is 0. The number of hydrogen-bond donors (Lipinski definition) is 4. The van der Waals surface area contributed by atoms with Gasteiger partial charge in [0.2, 0.25) is 15.9 Å². The van der Waals surface area contributed by atoms with E-state index < -0.39 is 28.6 Å². The van der Waals surface area contributed by atoms with E-state index >= 15 is 0 Å². The number of carbonyl (C=O) groups excluding carboxylic acids is 1. The van der Waals surface area contributed by atoms with E-state index in [9.17, 15) is 18.0 Å². The van der Waals surface area contributed by atoms with Crippen LogP contribution in [0.1, 0.15) is 18.1 Å². The smallest absolute Gasteiger partial charge is 0.324 e. The Labute approximate surface area is 128 Å². The van der Waals surface area contributed by atoms with E-state index in [4.69, 9.17) is 10.2 Å². The SMILES string of the molecule is CC(=O)Nc1cc(C)c(S(=O)(=O)N[C@@H](CO)C(=O)O)c(C)c1. The van der Waals surface area contributed by atoms with E-state index in [1.165, 1.54) is 32.9 Å². The number of carboxylic acid groups (broad SMARTS) is 1. The predicted octanol–water partition coefficient (Wildman–Crippen LogP) is -0.0144. The first kappa shape index (κ1) is 18.1. The second-order valence-electron chi connectivity index (χ2n) is 4.82. The van der Waals surface area contributed by atoms with Gasteiger partial charge in [0.25, 0.3) is 0 Å². The second kappa shape index (κ2) is 6.86. The fraction of sp³-hybridized carbons (Fsp3) is 0.385. The van der Waals surface area contributed by atoms with E-state index in [0.29, 0.717) is 16.8 Å². The van der Waals surface area contributed by atoms with E-state index in [0.717, 1.165) is 0 Å². The summed E-state index contributed by atoms with van der Waals surface area (Å²) in [6.45, 7) is 3.52. The highest BCUT2D eigenvalue weighted by Crippen LogP contribution is 2.24. The molecule has 0 bridgehead atoms. The molecular weight excluding hydrogens is 312 g/mol. The summed E-state index contributed by atoms with van der Waals surface area (Å²) in [7, 11) is -4.13. The molecule has 1 aromatic carbocycles. The minimum Gasteiger partial charge on any atom is -0.480 e. The third-order valence-electron chi connectivity index (χ3n) is 2.83. The fourth-order valence-corrected chi connectivity index (χ4v) is 3.69. The van der Waals surface area contributed by atoms with Gasteiger partial charge in [0, 0.05) is 12.6 Å². The van der Waals surface area contributed by atoms with E-state index in [1.807, 2.05) is 4.72 Å². The summed E-state index contributed by atoms with van der Waals surface area (Å²) in [5, 5.41) is 20.3. The van der Waals surface area contributed by atoms with Crippen LogP contribution in [0.25, 0.3) is 0 Å². The van der Waals surface area contributed by atoms with Gasteiger partial charge >= 0.3 is 5.97 Å². The van der Waals surface area contributed by atoms with Crippen molar-refractivity contribution in [2.75, 3.05) is 11.9 Å². The second-order valence-corrected chi connectivity index (χ2v) is 6.47. The number of aryl methyl sites for hydroxylation is 2. The number of carbonyl (C=O) groups is 2. The number of aliphatic hydroxyl groups excluding tert-OH is 1. The van der Waals surface area contributed by atoms with Crippen molar-refractivity contribution >= 4 is 27.6 Å². The van der Waals surface area contributed by atoms with Crippen molar-refractivity contribution in [1.82, 2.24) is 4.72 Å². The normalized spacial score (nSPS) is 12.7. The largest absolute Gasteiger partial charge is 0.480 e. The lowest BCUT2D eigenvalue weighted by atomic mass is 10.1. The molecule has 0 unspecified atom stereocenters. The number of nitrogens with one attached hydrogen (secondary N) is 2. The van der Waals surface area contributed by atoms with E-state index in [2.05, 4.69) is 5.32 Å². The molecule has 1 amide bonds. The van der Waals surface area contributed by atoms with Crippen LogP contribution in [0.4, 0.5) is 5.69 Å². The molecule has 0 spiro atoms. The Kier molecular flexibility index (Phi) is 5.64. The summed E-state index contributed by atoms with van der Waals surface area (Å²) in [5.41, 5.74) is 1.13. The molecule has 0 heterocycles. The highest BCUT2D eigenvalue weighted by molar-refractivity contribution is 7.89. The Morgan fingerprint density at radius 2 is 1.73 bits per heavy atom. The van der Waals surface area contributed by atoms with Gasteiger partial charge in [-0.2, -0.15) is 4.72 Å². The number of amides is 1. The van der Waals surface area contributed by atoms with Gasteiger partial charge in [-0.25, -0.2) is 8.42 Å². The van der Waals surface area contributed by atoms with Crippen molar-refractivity contribution in [1.29, 1.82) is 0 Å².